The molecule has 110 valence electrons. The molecule has 1 aromatic heterocycles. The highest BCUT2D eigenvalue weighted by Crippen LogP contribution is 2.18. The normalized spacial score (nSPS) is 10.8. The number of hydrogen-bond acceptors (Lipinski definition) is 4. The minimum absolute atomic E-state index is 0.0157. The SMILES string of the molecule is CC(C)CN(CCC#N)C(=O)Cc1noc2ccccc12. The highest BCUT2D eigenvalue weighted by atomic mass is 16.5. The standard InChI is InChI=1S/C16H19N3O2/c1-12(2)11-19(9-5-8-17)16(20)10-14-13-6-3-4-7-15(13)21-18-14/h3-4,6-7,12H,5,9-11H2,1-2H3. The molecule has 0 bridgehead atoms. The van der Waals surface area contributed by atoms with E-state index < -0.39 is 0 Å². The van der Waals surface area contributed by atoms with Crippen LogP contribution in [0.15, 0.2) is 28.8 Å². The van der Waals surface area contributed by atoms with Gasteiger partial charge in [-0.25, -0.2) is 0 Å². The average molecular weight is 285 g/mol. The quantitative estimate of drug-likeness (QED) is 0.818. The van der Waals surface area contributed by atoms with Crippen molar-refractivity contribution in [2.24, 2.45) is 5.92 Å². The number of nitrogens with zero attached hydrogens (tertiary/aromatic N) is 3. The Bertz CT molecular complexity index is 655. The molecule has 5 heteroatoms. The monoisotopic (exact) mass is 285 g/mol. The molecule has 0 spiro atoms. The summed E-state index contributed by atoms with van der Waals surface area (Å²) in [5, 5.41) is 13.6. The summed E-state index contributed by atoms with van der Waals surface area (Å²) >= 11 is 0. The number of para-hydroxylation sites is 1. The molecule has 5 nitrogen and oxygen atoms in total. The number of nitriles is 1. The fourth-order valence-electron chi connectivity index (χ4n) is 2.26. The molecule has 1 heterocycles. The summed E-state index contributed by atoms with van der Waals surface area (Å²) in [6, 6.07) is 9.59. The van der Waals surface area contributed by atoms with Crippen molar-refractivity contribution in [3.8, 4) is 6.07 Å². The van der Waals surface area contributed by atoms with E-state index in [9.17, 15) is 4.79 Å². The molecule has 0 radical (unpaired) electrons. The van der Waals surface area contributed by atoms with Crippen molar-refractivity contribution in [3.05, 3.63) is 30.0 Å². The van der Waals surface area contributed by atoms with Crippen LogP contribution in [0.1, 0.15) is 26.0 Å². The average Bonchev–Trinajstić information content (AvgIpc) is 2.86. The third kappa shape index (κ3) is 3.82. The lowest BCUT2D eigenvalue weighted by molar-refractivity contribution is -0.131. The lowest BCUT2D eigenvalue weighted by Crippen LogP contribution is -2.36. The van der Waals surface area contributed by atoms with Crippen molar-refractivity contribution in [2.75, 3.05) is 13.1 Å². The van der Waals surface area contributed by atoms with E-state index in [-0.39, 0.29) is 12.3 Å². The second kappa shape index (κ2) is 6.89. The number of fused-ring (bicyclic) bond motifs is 1. The maximum Gasteiger partial charge on any atom is 0.228 e. The number of amides is 1. The smallest absolute Gasteiger partial charge is 0.228 e. The Morgan fingerprint density at radius 3 is 2.90 bits per heavy atom. The second-order valence-electron chi connectivity index (χ2n) is 5.44. The lowest BCUT2D eigenvalue weighted by atomic mass is 10.1. The number of carbonyl (C=O) groups excluding carboxylic acids is 1. The number of aromatic nitrogens is 1. The van der Waals surface area contributed by atoms with Crippen molar-refractivity contribution in [1.29, 1.82) is 5.26 Å². The first-order valence-electron chi connectivity index (χ1n) is 7.10. The molecule has 0 unspecified atom stereocenters. The van der Waals surface area contributed by atoms with E-state index in [2.05, 4.69) is 25.1 Å². The van der Waals surface area contributed by atoms with E-state index >= 15 is 0 Å². The fourth-order valence-corrected chi connectivity index (χ4v) is 2.26. The first-order valence-corrected chi connectivity index (χ1v) is 7.10. The van der Waals surface area contributed by atoms with Crippen molar-refractivity contribution >= 4 is 16.9 Å². The summed E-state index contributed by atoms with van der Waals surface area (Å²) in [4.78, 5) is 14.2. The minimum atomic E-state index is -0.0157. The summed E-state index contributed by atoms with van der Waals surface area (Å²) in [5.74, 6) is 0.347. The lowest BCUT2D eigenvalue weighted by Gasteiger charge is -2.23. The van der Waals surface area contributed by atoms with E-state index in [0.717, 1.165) is 5.39 Å². The zero-order valence-corrected chi connectivity index (χ0v) is 12.4. The van der Waals surface area contributed by atoms with E-state index in [1.807, 2.05) is 24.3 Å². The number of carbonyl (C=O) groups is 1. The highest BCUT2D eigenvalue weighted by Gasteiger charge is 2.18. The Morgan fingerprint density at radius 1 is 1.43 bits per heavy atom. The molecule has 1 amide bonds. The van der Waals surface area contributed by atoms with Crippen LogP contribution in [0.25, 0.3) is 11.0 Å². The van der Waals surface area contributed by atoms with Gasteiger partial charge >= 0.3 is 0 Å². The van der Waals surface area contributed by atoms with Crippen LogP contribution in [0.5, 0.6) is 0 Å². The van der Waals surface area contributed by atoms with Crippen LogP contribution in [-0.4, -0.2) is 29.1 Å². The molecule has 0 saturated heterocycles. The van der Waals surface area contributed by atoms with Crippen LogP contribution >= 0.6 is 0 Å². The third-order valence-corrected chi connectivity index (χ3v) is 3.20. The molecule has 0 aliphatic rings. The zero-order valence-electron chi connectivity index (χ0n) is 12.4. The molecule has 21 heavy (non-hydrogen) atoms. The topological polar surface area (TPSA) is 70.1 Å². The summed E-state index contributed by atoms with van der Waals surface area (Å²) in [7, 11) is 0. The predicted octanol–water partition coefficient (Wildman–Crippen LogP) is 2.77. The maximum atomic E-state index is 12.4. The van der Waals surface area contributed by atoms with Crippen molar-refractivity contribution in [2.45, 2.75) is 26.7 Å². The predicted molar refractivity (Wildman–Crippen MR) is 79.4 cm³/mol. The van der Waals surface area contributed by atoms with Crippen LogP contribution in [0.4, 0.5) is 0 Å². The van der Waals surface area contributed by atoms with Crippen LogP contribution in [-0.2, 0) is 11.2 Å². The van der Waals surface area contributed by atoms with Gasteiger partial charge in [0.2, 0.25) is 5.91 Å². The summed E-state index contributed by atoms with van der Waals surface area (Å²) in [6.45, 7) is 5.22. The van der Waals surface area contributed by atoms with Gasteiger partial charge in [-0.2, -0.15) is 5.26 Å². The summed E-state index contributed by atoms with van der Waals surface area (Å²) in [5.41, 5.74) is 1.34. The van der Waals surface area contributed by atoms with Crippen LogP contribution < -0.4 is 0 Å². The van der Waals surface area contributed by atoms with Crippen LogP contribution in [0.3, 0.4) is 0 Å². The molecule has 0 saturated carbocycles. The molecule has 0 aliphatic heterocycles. The molecule has 2 rings (SSSR count). The number of benzene rings is 1. The Balaban J connectivity index is 2.12. The first kappa shape index (κ1) is 15.0. The van der Waals surface area contributed by atoms with Gasteiger partial charge in [-0.05, 0) is 18.1 Å². The van der Waals surface area contributed by atoms with E-state index in [1.54, 1.807) is 4.90 Å². The van der Waals surface area contributed by atoms with Gasteiger partial charge in [0, 0.05) is 18.5 Å². The van der Waals surface area contributed by atoms with Gasteiger partial charge in [0.25, 0.3) is 0 Å². The van der Waals surface area contributed by atoms with Gasteiger partial charge in [0.1, 0.15) is 5.69 Å². The Kier molecular flexibility index (Phi) is 4.94. The van der Waals surface area contributed by atoms with Crippen LogP contribution in [0.2, 0.25) is 0 Å². The van der Waals surface area contributed by atoms with Crippen molar-refractivity contribution < 1.29 is 9.32 Å². The molecule has 1 aromatic carbocycles. The first-order chi connectivity index (χ1) is 10.1. The number of hydrogen-bond donors (Lipinski definition) is 0. The van der Waals surface area contributed by atoms with Gasteiger partial charge in [0.15, 0.2) is 5.58 Å². The minimum Gasteiger partial charge on any atom is -0.356 e. The van der Waals surface area contributed by atoms with E-state index in [1.165, 1.54) is 0 Å². The molecule has 0 N–H and O–H groups in total. The van der Waals surface area contributed by atoms with E-state index in [0.29, 0.717) is 36.7 Å². The maximum absolute atomic E-state index is 12.4. The van der Waals surface area contributed by atoms with Gasteiger partial charge in [0.05, 0.1) is 18.9 Å². The van der Waals surface area contributed by atoms with E-state index in [4.69, 9.17) is 9.78 Å². The Labute approximate surface area is 124 Å². The molecule has 2 aromatic rings. The van der Waals surface area contributed by atoms with Gasteiger partial charge in [-0.15, -0.1) is 0 Å². The highest BCUT2D eigenvalue weighted by molar-refractivity contribution is 5.86. The molecule has 0 atom stereocenters. The molecular formula is C16H19N3O2. The molecule has 0 aliphatic carbocycles. The number of rotatable bonds is 6. The molecular weight excluding hydrogens is 266 g/mol. The van der Waals surface area contributed by atoms with Crippen molar-refractivity contribution in [3.63, 3.8) is 0 Å². The Morgan fingerprint density at radius 2 is 2.19 bits per heavy atom. The van der Waals surface area contributed by atoms with Crippen LogP contribution in [0, 0.1) is 17.2 Å². The summed E-state index contributed by atoms with van der Waals surface area (Å²) in [6.07, 6.45) is 0.549. The molecule has 0 fully saturated rings. The third-order valence-electron chi connectivity index (χ3n) is 3.20. The fraction of sp³-hybridized carbons (Fsp3) is 0.438. The summed E-state index contributed by atoms with van der Waals surface area (Å²) < 4.78 is 5.22. The van der Waals surface area contributed by atoms with Gasteiger partial charge in [-0.3, -0.25) is 4.79 Å². The van der Waals surface area contributed by atoms with Gasteiger partial charge in [-0.1, -0.05) is 31.1 Å². The second-order valence-corrected chi connectivity index (χ2v) is 5.44. The zero-order chi connectivity index (χ0) is 15.2. The Hall–Kier alpha value is -2.35. The van der Waals surface area contributed by atoms with Crippen molar-refractivity contribution in [1.82, 2.24) is 10.1 Å². The largest absolute Gasteiger partial charge is 0.356 e. The van der Waals surface area contributed by atoms with Gasteiger partial charge < -0.3 is 9.42 Å².